The van der Waals surface area contributed by atoms with E-state index in [2.05, 4.69) is 0 Å². The van der Waals surface area contributed by atoms with Gasteiger partial charge in [0, 0.05) is 18.7 Å². The van der Waals surface area contributed by atoms with Crippen molar-refractivity contribution in [3.05, 3.63) is 35.1 Å². The molecule has 0 unspecified atom stereocenters. The third-order valence-electron chi connectivity index (χ3n) is 3.46. The Bertz CT molecular complexity index is 515. The maximum atomic E-state index is 13.2. The number of aliphatic carboxylic acids is 1. The van der Waals surface area contributed by atoms with Gasteiger partial charge in [0.05, 0.1) is 5.92 Å². The molecule has 1 aliphatic heterocycles. The lowest BCUT2D eigenvalue weighted by molar-refractivity contribution is -0.143. The molecule has 1 fully saturated rings. The summed E-state index contributed by atoms with van der Waals surface area (Å²) in [6.07, 6.45) is 1.28. The summed E-state index contributed by atoms with van der Waals surface area (Å²) in [5.41, 5.74) is 0.822. The Balaban J connectivity index is 2.14. The highest BCUT2D eigenvalue weighted by Crippen LogP contribution is 2.19. The Labute approximate surface area is 110 Å². The fraction of sp³-hybridized carbons (Fsp3) is 0.429. The molecule has 102 valence electrons. The molecule has 1 aromatic carbocycles. The summed E-state index contributed by atoms with van der Waals surface area (Å²) in [5.74, 6) is -1.94. The number of carboxylic acids is 1. The van der Waals surface area contributed by atoms with Crippen molar-refractivity contribution in [1.82, 2.24) is 4.90 Å². The standard InChI is InChI=1S/C14H16FNO3/c1-9-7-10(4-5-12(9)15)13(17)16-6-2-3-11(8-16)14(18)19/h4-5,7,11H,2-3,6,8H2,1H3,(H,18,19)/t11-/m1/s1. The molecule has 0 aliphatic carbocycles. The van der Waals surface area contributed by atoms with Crippen LogP contribution in [-0.2, 0) is 4.79 Å². The number of aryl methyl sites for hydroxylation is 1. The van der Waals surface area contributed by atoms with E-state index in [0.717, 1.165) is 0 Å². The zero-order valence-electron chi connectivity index (χ0n) is 10.7. The smallest absolute Gasteiger partial charge is 0.308 e. The van der Waals surface area contributed by atoms with E-state index in [9.17, 15) is 14.0 Å². The molecule has 1 N–H and O–H groups in total. The number of likely N-dealkylation sites (tertiary alicyclic amines) is 1. The minimum atomic E-state index is -0.868. The molecular formula is C14H16FNO3. The molecule has 1 heterocycles. The summed E-state index contributed by atoms with van der Waals surface area (Å²) >= 11 is 0. The van der Waals surface area contributed by atoms with Gasteiger partial charge in [0.1, 0.15) is 5.82 Å². The molecule has 0 spiro atoms. The first kappa shape index (κ1) is 13.5. The van der Waals surface area contributed by atoms with Crippen molar-refractivity contribution < 1.29 is 19.1 Å². The number of amides is 1. The highest BCUT2D eigenvalue weighted by atomic mass is 19.1. The third kappa shape index (κ3) is 2.92. The van der Waals surface area contributed by atoms with Gasteiger partial charge in [-0.2, -0.15) is 0 Å². The molecule has 4 nitrogen and oxygen atoms in total. The van der Waals surface area contributed by atoms with Crippen LogP contribution in [-0.4, -0.2) is 35.0 Å². The Morgan fingerprint density at radius 2 is 2.16 bits per heavy atom. The second kappa shape index (κ2) is 5.38. The van der Waals surface area contributed by atoms with Gasteiger partial charge in [0.25, 0.3) is 5.91 Å². The summed E-state index contributed by atoms with van der Waals surface area (Å²) in [6, 6.07) is 4.21. The van der Waals surface area contributed by atoms with Gasteiger partial charge < -0.3 is 10.0 Å². The van der Waals surface area contributed by atoms with Gasteiger partial charge in [-0.3, -0.25) is 9.59 Å². The largest absolute Gasteiger partial charge is 0.481 e. The number of hydrogen-bond acceptors (Lipinski definition) is 2. The first-order valence-corrected chi connectivity index (χ1v) is 6.27. The lowest BCUT2D eigenvalue weighted by atomic mass is 9.97. The van der Waals surface area contributed by atoms with Crippen molar-refractivity contribution in [1.29, 1.82) is 0 Å². The quantitative estimate of drug-likeness (QED) is 0.890. The van der Waals surface area contributed by atoms with Crippen LogP contribution in [0.4, 0.5) is 4.39 Å². The predicted octanol–water partition coefficient (Wildman–Crippen LogP) is 2.07. The molecule has 0 bridgehead atoms. The topological polar surface area (TPSA) is 57.6 Å². The van der Waals surface area contributed by atoms with E-state index >= 15 is 0 Å². The fourth-order valence-corrected chi connectivity index (χ4v) is 2.32. The summed E-state index contributed by atoms with van der Waals surface area (Å²) in [7, 11) is 0. The Morgan fingerprint density at radius 1 is 1.42 bits per heavy atom. The van der Waals surface area contributed by atoms with Crippen LogP contribution in [0.2, 0.25) is 0 Å². The van der Waals surface area contributed by atoms with Gasteiger partial charge in [-0.1, -0.05) is 0 Å². The fourth-order valence-electron chi connectivity index (χ4n) is 2.32. The number of piperidine rings is 1. The molecule has 1 amide bonds. The van der Waals surface area contributed by atoms with E-state index < -0.39 is 11.9 Å². The molecule has 0 aromatic heterocycles. The summed E-state index contributed by atoms with van der Waals surface area (Å²) in [5, 5.41) is 9.00. The van der Waals surface area contributed by atoms with Crippen LogP contribution in [0.15, 0.2) is 18.2 Å². The van der Waals surface area contributed by atoms with Crippen molar-refractivity contribution in [2.24, 2.45) is 5.92 Å². The Morgan fingerprint density at radius 3 is 2.79 bits per heavy atom. The van der Waals surface area contributed by atoms with Crippen molar-refractivity contribution in [2.45, 2.75) is 19.8 Å². The third-order valence-corrected chi connectivity index (χ3v) is 3.46. The number of carbonyl (C=O) groups is 2. The number of hydrogen-bond donors (Lipinski definition) is 1. The van der Waals surface area contributed by atoms with Gasteiger partial charge in [-0.25, -0.2) is 4.39 Å². The summed E-state index contributed by atoms with van der Waals surface area (Å²) in [4.78, 5) is 24.7. The van der Waals surface area contributed by atoms with Crippen LogP contribution < -0.4 is 0 Å². The van der Waals surface area contributed by atoms with Crippen LogP contribution >= 0.6 is 0 Å². The van der Waals surface area contributed by atoms with Gasteiger partial charge in [0.2, 0.25) is 0 Å². The molecule has 1 saturated heterocycles. The average molecular weight is 265 g/mol. The number of benzene rings is 1. The zero-order chi connectivity index (χ0) is 14.0. The molecular weight excluding hydrogens is 249 g/mol. The Hall–Kier alpha value is -1.91. The maximum absolute atomic E-state index is 13.2. The van der Waals surface area contributed by atoms with Crippen LogP contribution in [0.5, 0.6) is 0 Å². The van der Waals surface area contributed by atoms with Crippen LogP contribution in [0.1, 0.15) is 28.8 Å². The minimum Gasteiger partial charge on any atom is -0.481 e. The van der Waals surface area contributed by atoms with Gasteiger partial charge >= 0.3 is 5.97 Å². The first-order chi connectivity index (χ1) is 8.99. The van der Waals surface area contributed by atoms with Crippen molar-refractivity contribution in [2.75, 3.05) is 13.1 Å². The van der Waals surface area contributed by atoms with E-state index in [0.29, 0.717) is 30.5 Å². The van der Waals surface area contributed by atoms with E-state index in [1.807, 2.05) is 0 Å². The Kier molecular flexibility index (Phi) is 3.83. The number of rotatable bonds is 2. The summed E-state index contributed by atoms with van der Waals surface area (Å²) in [6.45, 7) is 2.38. The summed E-state index contributed by atoms with van der Waals surface area (Å²) < 4.78 is 13.2. The van der Waals surface area contributed by atoms with Crippen LogP contribution in [0.3, 0.4) is 0 Å². The molecule has 0 radical (unpaired) electrons. The van der Waals surface area contributed by atoms with E-state index in [1.165, 1.54) is 23.1 Å². The van der Waals surface area contributed by atoms with Gasteiger partial charge in [-0.05, 0) is 43.5 Å². The van der Waals surface area contributed by atoms with Gasteiger partial charge in [-0.15, -0.1) is 0 Å². The lowest BCUT2D eigenvalue weighted by Gasteiger charge is -2.30. The number of carbonyl (C=O) groups excluding carboxylic acids is 1. The number of nitrogens with zero attached hydrogens (tertiary/aromatic N) is 1. The monoisotopic (exact) mass is 265 g/mol. The maximum Gasteiger partial charge on any atom is 0.308 e. The number of halogens is 1. The van der Waals surface area contributed by atoms with Crippen molar-refractivity contribution in [3.8, 4) is 0 Å². The molecule has 5 heteroatoms. The molecule has 1 aromatic rings. The average Bonchev–Trinajstić information content (AvgIpc) is 2.41. The second-order valence-corrected chi connectivity index (χ2v) is 4.89. The van der Waals surface area contributed by atoms with Crippen molar-refractivity contribution in [3.63, 3.8) is 0 Å². The number of carboxylic acid groups (broad SMARTS) is 1. The predicted molar refractivity (Wildman–Crippen MR) is 67.4 cm³/mol. The molecule has 19 heavy (non-hydrogen) atoms. The molecule has 1 atom stereocenters. The lowest BCUT2D eigenvalue weighted by Crippen LogP contribution is -2.42. The zero-order valence-corrected chi connectivity index (χ0v) is 10.7. The SMILES string of the molecule is Cc1cc(C(=O)N2CCC[C@@H](C(=O)O)C2)ccc1F. The van der Waals surface area contributed by atoms with Crippen LogP contribution in [0.25, 0.3) is 0 Å². The van der Waals surface area contributed by atoms with E-state index in [1.54, 1.807) is 6.92 Å². The van der Waals surface area contributed by atoms with Crippen molar-refractivity contribution >= 4 is 11.9 Å². The molecule has 2 rings (SSSR count). The first-order valence-electron chi connectivity index (χ1n) is 6.27. The molecule has 1 aliphatic rings. The second-order valence-electron chi connectivity index (χ2n) is 4.89. The minimum absolute atomic E-state index is 0.227. The molecule has 0 saturated carbocycles. The van der Waals surface area contributed by atoms with Crippen LogP contribution in [0, 0.1) is 18.7 Å². The van der Waals surface area contributed by atoms with Gasteiger partial charge in [0.15, 0.2) is 0 Å². The van der Waals surface area contributed by atoms with E-state index in [-0.39, 0.29) is 18.3 Å². The highest BCUT2D eigenvalue weighted by molar-refractivity contribution is 5.94. The highest BCUT2D eigenvalue weighted by Gasteiger charge is 2.28. The van der Waals surface area contributed by atoms with E-state index in [4.69, 9.17) is 5.11 Å². The normalized spacial score (nSPS) is 19.3.